The van der Waals surface area contributed by atoms with E-state index in [2.05, 4.69) is 5.32 Å². The van der Waals surface area contributed by atoms with Gasteiger partial charge < -0.3 is 5.32 Å². The molecule has 2 aliphatic rings. The number of hydrazine groups is 1. The molecule has 0 spiro atoms. The van der Waals surface area contributed by atoms with Crippen LogP contribution < -0.4 is 10.7 Å². The quantitative estimate of drug-likeness (QED) is 0.198. The predicted octanol–water partition coefficient (Wildman–Crippen LogP) is 1.99. The molecule has 202 valence electrons. The Morgan fingerprint density at radius 1 is 1.00 bits per heavy atom. The Labute approximate surface area is 196 Å². The van der Waals surface area contributed by atoms with Crippen LogP contribution in [0.25, 0.3) is 0 Å². The van der Waals surface area contributed by atoms with Crippen LogP contribution in [0.4, 0.5) is 30.7 Å². The van der Waals surface area contributed by atoms with Crippen LogP contribution in [0.15, 0.2) is 0 Å². The van der Waals surface area contributed by atoms with Crippen molar-refractivity contribution in [3.63, 3.8) is 0 Å². The average molecular weight is 541 g/mol. The van der Waals surface area contributed by atoms with E-state index in [1.54, 1.807) is 0 Å². The Kier molecular flexibility index (Phi) is 8.83. The molecule has 2 rings (SSSR count). The minimum Gasteiger partial charge on any atom is -0.347 e. The predicted molar refractivity (Wildman–Crippen MR) is 107 cm³/mol. The highest BCUT2D eigenvalue weighted by Gasteiger charge is 2.72. The molecule has 0 saturated heterocycles. The van der Waals surface area contributed by atoms with Gasteiger partial charge in [0.2, 0.25) is 11.7 Å². The van der Waals surface area contributed by atoms with E-state index < -0.39 is 76.6 Å². The first-order chi connectivity index (χ1) is 15.9. The normalized spacial score (nSPS) is 18.2. The van der Waals surface area contributed by atoms with Crippen molar-refractivity contribution in [2.75, 3.05) is 18.1 Å². The molecule has 2 saturated carbocycles. The van der Waals surface area contributed by atoms with Crippen molar-refractivity contribution in [3.05, 3.63) is 0 Å². The Bertz CT molecular complexity index is 918. The monoisotopic (exact) mass is 541 g/mol. The average Bonchev–Trinajstić information content (AvgIpc) is 3.65. The molecule has 8 nitrogen and oxygen atoms in total. The summed E-state index contributed by atoms with van der Waals surface area (Å²) in [6, 6.07) is -2.17. The third kappa shape index (κ3) is 7.75. The smallest absolute Gasteiger partial charge is 0.347 e. The van der Waals surface area contributed by atoms with Gasteiger partial charge in [0, 0.05) is 12.5 Å². The van der Waals surface area contributed by atoms with Crippen LogP contribution in [-0.2, 0) is 24.2 Å². The first kappa shape index (κ1) is 29.3. The van der Waals surface area contributed by atoms with Gasteiger partial charge >= 0.3 is 18.0 Å². The zero-order chi connectivity index (χ0) is 26.8. The number of carbonyl (C=O) groups excluding carboxylic acids is 3. The van der Waals surface area contributed by atoms with Crippen molar-refractivity contribution in [1.29, 1.82) is 0 Å². The van der Waals surface area contributed by atoms with Gasteiger partial charge in [0.1, 0.15) is 6.04 Å². The van der Waals surface area contributed by atoms with Gasteiger partial charge in [-0.3, -0.25) is 19.4 Å². The lowest BCUT2D eigenvalue weighted by molar-refractivity contribution is -0.353. The number of ketones is 1. The van der Waals surface area contributed by atoms with E-state index in [0.29, 0.717) is 25.7 Å². The van der Waals surface area contributed by atoms with Gasteiger partial charge in [-0.05, 0) is 38.0 Å². The molecule has 0 radical (unpaired) electrons. The summed E-state index contributed by atoms with van der Waals surface area (Å²) in [5.74, 6) is -17.2. The van der Waals surface area contributed by atoms with E-state index in [4.69, 9.17) is 0 Å². The summed E-state index contributed by atoms with van der Waals surface area (Å²) in [5, 5.41) is 2.35. The lowest BCUT2D eigenvalue weighted by Crippen LogP contribution is -2.62. The van der Waals surface area contributed by atoms with Crippen molar-refractivity contribution in [3.8, 4) is 0 Å². The van der Waals surface area contributed by atoms with Crippen LogP contribution in [-0.4, -0.2) is 79.2 Å². The number of carbonyl (C=O) groups is 3. The summed E-state index contributed by atoms with van der Waals surface area (Å²) < 4.78 is 116. The Hall–Kier alpha value is -1.97. The molecule has 0 aliphatic heterocycles. The lowest BCUT2D eigenvalue weighted by atomic mass is 10.1. The molecule has 2 fully saturated rings. The minimum atomic E-state index is -6.62. The molecule has 0 heterocycles. The van der Waals surface area contributed by atoms with Crippen molar-refractivity contribution in [1.82, 2.24) is 15.8 Å². The minimum absolute atomic E-state index is 0.0574. The summed E-state index contributed by atoms with van der Waals surface area (Å²) in [6.07, 6.45) is -5.43. The van der Waals surface area contributed by atoms with Crippen LogP contribution in [0.3, 0.4) is 0 Å². The molecular formula is C19H26F7N3O5S. The van der Waals surface area contributed by atoms with Crippen LogP contribution in [0.5, 0.6) is 0 Å². The van der Waals surface area contributed by atoms with E-state index in [-0.39, 0.29) is 22.7 Å². The maximum Gasteiger partial charge on any atom is 0.459 e. The fraction of sp³-hybridized carbons (Fsp3) is 0.842. The number of rotatable bonds is 14. The maximum atomic E-state index is 13.8. The van der Waals surface area contributed by atoms with Gasteiger partial charge in [0.15, 0.2) is 9.84 Å². The fourth-order valence-corrected chi connectivity index (χ4v) is 4.79. The van der Waals surface area contributed by atoms with E-state index in [9.17, 15) is 53.5 Å². The lowest BCUT2D eigenvalue weighted by Gasteiger charge is -2.34. The third-order valence-corrected chi connectivity index (χ3v) is 7.31. The van der Waals surface area contributed by atoms with E-state index in [1.165, 1.54) is 12.3 Å². The molecule has 0 unspecified atom stereocenters. The molecule has 2 amide bonds. The molecule has 16 heteroatoms. The first-order valence-electron chi connectivity index (χ1n) is 10.8. The van der Waals surface area contributed by atoms with Gasteiger partial charge in [-0.25, -0.2) is 13.8 Å². The van der Waals surface area contributed by atoms with Gasteiger partial charge in [-0.2, -0.15) is 30.7 Å². The largest absolute Gasteiger partial charge is 0.459 e. The van der Waals surface area contributed by atoms with Crippen molar-refractivity contribution < 1.29 is 53.5 Å². The van der Waals surface area contributed by atoms with Gasteiger partial charge in [0.05, 0.1) is 18.1 Å². The second-order valence-electron chi connectivity index (χ2n) is 8.72. The van der Waals surface area contributed by atoms with Crippen LogP contribution in [0.1, 0.15) is 45.4 Å². The number of hydrogen-bond donors (Lipinski definition) is 2. The zero-order valence-electron chi connectivity index (χ0n) is 18.6. The first-order valence-corrected chi connectivity index (χ1v) is 12.7. The number of nitrogens with one attached hydrogen (secondary N) is 2. The molecule has 2 N–H and O–H groups in total. The highest BCUT2D eigenvalue weighted by molar-refractivity contribution is 7.91. The molecule has 0 aromatic rings. The van der Waals surface area contributed by atoms with Gasteiger partial charge in [0.25, 0.3) is 5.91 Å². The fourth-order valence-electron chi connectivity index (χ4n) is 3.09. The number of hydrogen-bond acceptors (Lipinski definition) is 6. The summed E-state index contributed by atoms with van der Waals surface area (Å²) >= 11 is 0. The second kappa shape index (κ2) is 10.6. The van der Waals surface area contributed by atoms with Crippen molar-refractivity contribution >= 4 is 27.4 Å². The molecule has 0 bridgehead atoms. The summed E-state index contributed by atoms with van der Waals surface area (Å²) in [4.78, 5) is 37.3. The molecule has 35 heavy (non-hydrogen) atoms. The molecule has 0 aromatic carbocycles. The number of alkyl halides is 7. The zero-order valence-corrected chi connectivity index (χ0v) is 19.5. The number of sulfone groups is 1. The Morgan fingerprint density at radius 3 is 2.03 bits per heavy atom. The van der Waals surface area contributed by atoms with Crippen molar-refractivity contribution in [2.24, 2.45) is 5.92 Å². The standard InChI is InChI=1S/C19H26F7N3O5S/c1-2-13(15(31)16(32)28-12-5-6-12)29(14(30)7-8-35(33,34)9-11-3-4-11)27-10-17(20,21)18(22,23)19(24,25)26/h11-13,27H,2-10H2,1H3,(H,28,32)/t13-/m0/s1. The van der Waals surface area contributed by atoms with Crippen LogP contribution in [0.2, 0.25) is 0 Å². The molecular weight excluding hydrogens is 515 g/mol. The third-order valence-electron chi connectivity index (χ3n) is 5.51. The number of amides is 2. The highest BCUT2D eigenvalue weighted by atomic mass is 32.2. The summed E-state index contributed by atoms with van der Waals surface area (Å²) in [7, 11) is -3.77. The Morgan fingerprint density at radius 2 is 1.57 bits per heavy atom. The Balaban J connectivity index is 2.21. The van der Waals surface area contributed by atoms with Gasteiger partial charge in [-0.1, -0.05) is 6.92 Å². The SMILES string of the molecule is CC[C@@H](C(=O)C(=O)NC1CC1)N(NCC(F)(F)C(F)(F)C(F)(F)F)C(=O)CCS(=O)(=O)CC1CC1. The van der Waals surface area contributed by atoms with Crippen molar-refractivity contribution in [2.45, 2.75) is 75.6 Å². The van der Waals surface area contributed by atoms with Gasteiger partial charge in [-0.15, -0.1) is 0 Å². The maximum absolute atomic E-state index is 13.8. The molecule has 0 aromatic heterocycles. The van der Waals surface area contributed by atoms with E-state index >= 15 is 0 Å². The topological polar surface area (TPSA) is 113 Å². The summed E-state index contributed by atoms with van der Waals surface area (Å²) in [6.45, 7) is -1.19. The summed E-state index contributed by atoms with van der Waals surface area (Å²) in [5.41, 5.74) is 1.44. The second-order valence-corrected chi connectivity index (χ2v) is 10.9. The highest BCUT2D eigenvalue weighted by Crippen LogP contribution is 2.46. The van der Waals surface area contributed by atoms with Crippen LogP contribution in [0, 0.1) is 5.92 Å². The van der Waals surface area contributed by atoms with E-state index in [0.717, 1.165) is 0 Å². The number of halogens is 7. The molecule has 1 atom stereocenters. The number of Topliss-reactive ketones (excluding diaryl/α,β-unsaturated/α-hetero) is 1. The van der Waals surface area contributed by atoms with Crippen LogP contribution >= 0.6 is 0 Å². The number of nitrogens with zero attached hydrogens (tertiary/aromatic N) is 1. The molecule has 2 aliphatic carbocycles. The van der Waals surface area contributed by atoms with E-state index in [1.807, 2.05) is 0 Å².